The standard InChI is InChI=1S/C14H18INO/c15-13-9-5-4-8-12(13)14(17)16-10-11-6-2-1-3-7-11/h4-5,8-9,11H,1-3,6-7,10H2,(H,16,17). The first-order valence-corrected chi connectivity index (χ1v) is 7.38. The Balaban J connectivity index is 1.87. The van der Waals surface area contributed by atoms with Crippen LogP contribution in [0.1, 0.15) is 42.5 Å². The summed E-state index contributed by atoms with van der Waals surface area (Å²) in [6.07, 6.45) is 6.55. The van der Waals surface area contributed by atoms with Gasteiger partial charge in [0.05, 0.1) is 5.56 Å². The average Bonchev–Trinajstić information content (AvgIpc) is 2.38. The molecular formula is C14H18INO. The zero-order chi connectivity index (χ0) is 12.1. The summed E-state index contributed by atoms with van der Waals surface area (Å²) in [5.41, 5.74) is 0.795. The summed E-state index contributed by atoms with van der Waals surface area (Å²) in [5, 5.41) is 3.07. The predicted octanol–water partition coefficient (Wildman–Crippen LogP) is 3.60. The van der Waals surface area contributed by atoms with Crippen molar-refractivity contribution in [1.82, 2.24) is 5.32 Å². The first-order chi connectivity index (χ1) is 8.27. The predicted molar refractivity (Wildman–Crippen MR) is 78.1 cm³/mol. The van der Waals surface area contributed by atoms with Crippen molar-refractivity contribution in [3.63, 3.8) is 0 Å². The lowest BCUT2D eigenvalue weighted by Gasteiger charge is -2.21. The van der Waals surface area contributed by atoms with Crippen molar-refractivity contribution in [2.45, 2.75) is 32.1 Å². The number of carbonyl (C=O) groups is 1. The number of nitrogens with one attached hydrogen (secondary N) is 1. The molecule has 0 atom stereocenters. The van der Waals surface area contributed by atoms with Gasteiger partial charge in [-0.15, -0.1) is 0 Å². The number of rotatable bonds is 3. The molecule has 3 heteroatoms. The van der Waals surface area contributed by atoms with Crippen LogP contribution in [0.25, 0.3) is 0 Å². The Labute approximate surface area is 116 Å². The number of amides is 1. The van der Waals surface area contributed by atoms with Crippen molar-refractivity contribution >= 4 is 28.5 Å². The fraction of sp³-hybridized carbons (Fsp3) is 0.500. The van der Waals surface area contributed by atoms with Gasteiger partial charge in [-0.2, -0.15) is 0 Å². The maximum atomic E-state index is 12.0. The molecule has 1 amide bonds. The van der Waals surface area contributed by atoms with Gasteiger partial charge in [0.1, 0.15) is 0 Å². The molecule has 0 saturated heterocycles. The van der Waals surface area contributed by atoms with Crippen LogP contribution in [-0.2, 0) is 0 Å². The van der Waals surface area contributed by atoms with E-state index < -0.39 is 0 Å². The monoisotopic (exact) mass is 343 g/mol. The van der Waals surface area contributed by atoms with Gasteiger partial charge in [0.15, 0.2) is 0 Å². The van der Waals surface area contributed by atoms with Crippen LogP contribution in [0, 0.1) is 9.49 Å². The van der Waals surface area contributed by atoms with Crippen molar-refractivity contribution in [1.29, 1.82) is 0 Å². The Morgan fingerprint density at radius 3 is 2.65 bits per heavy atom. The zero-order valence-corrected chi connectivity index (χ0v) is 12.1. The van der Waals surface area contributed by atoms with E-state index in [-0.39, 0.29) is 5.91 Å². The van der Waals surface area contributed by atoms with Crippen molar-refractivity contribution in [3.05, 3.63) is 33.4 Å². The summed E-state index contributed by atoms with van der Waals surface area (Å²) >= 11 is 2.21. The Morgan fingerprint density at radius 1 is 1.24 bits per heavy atom. The Kier molecular flexibility index (Phi) is 4.83. The average molecular weight is 343 g/mol. The van der Waals surface area contributed by atoms with Gasteiger partial charge in [-0.05, 0) is 53.5 Å². The summed E-state index contributed by atoms with van der Waals surface area (Å²) in [4.78, 5) is 12.0. The second kappa shape index (κ2) is 6.38. The molecule has 2 rings (SSSR count). The molecule has 1 aromatic carbocycles. The minimum Gasteiger partial charge on any atom is -0.352 e. The van der Waals surface area contributed by atoms with Crippen LogP contribution in [0.4, 0.5) is 0 Å². The molecule has 0 heterocycles. The fourth-order valence-electron chi connectivity index (χ4n) is 2.37. The smallest absolute Gasteiger partial charge is 0.252 e. The van der Waals surface area contributed by atoms with Gasteiger partial charge in [0, 0.05) is 10.1 Å². The van der Waals surface area contributed by atoms with Gasteiger partial charge >= 0.3 is 0 Å². The van der Waals surface area contributed by atoms with Crippen molar-refractivity contribution < 1.29 is 4.79 Å². The van der Waals surface area contributed by atoms with E-state index in [1.54, 1.807) is 0 Å². The van der Waals surface area contributed by atoms with Gasteiger partial charge in [-0.1, -0.05) is 31.4 Å². The van der Waals surface area contributed by atoms with Gasteiger partial charge in [-0.3, -0.25) is 4.79 Å². The molecule has 1 aliphatic rings. The molecule has 2 nitrogen and oxygen atoms in total. The summed E-state index contributed by atoms with van der Waals surface area (Å²) in [5.74, 6) is 0.759. The van der Waals surface area contributed by atoms with Crippen molar-refractivity contribution in [3.8, 4) is 0 Å². The molecule has 0 bridgehead atoms. The van der Waals surface area contributed by atoms with Crippen LogP contribution in [0.15, 0.2) is 24.3 Å². The second-order valence-corrected chi connectivity index (χ2v) is 5.86. The first-order valence-electron chi connectivity index (χ1n) is 6.30. The maximum Gasteiger partial charge on any atom is 0.252 e. The SMILES string of the molecule is O=C(NCC1CCCCC1)c1ccccc1I. The molecule has 0 radical (unpaired) electrons. The summed E-state index contributed by atoms with van der Waals surface area (Å²) in [6.45, 7) is 0.837. The van der Waals surface area contributed by atoms with Gasteiger partial charge in [0.2, 0.25) is 0 Å². The van der Waals surface area contributed by atoms with E-state index in [0.29, 0.717) is 5.92 Å². The van der Waals surface area contributed by atoms with Crippen molar-refractivity contribution in [2.24, 2.45) is 5.92 Å². The third-order valence-corrected chi connectivity index (χ3v) is 4.34. The van der Waals surface area contributed by atoms with E-state index >= 15 is 0 Å². The number of carbonyl (C=O) groups excluding carboxylic acids is 1. The quantitative estimate of drug-likeness (QED) is 0.835. The number of benzene rings is 1. The molecular weight excluding hydrogens is 325 g/mol. The van der Waals surface area contributed by atoms with Crippen LogP contribution < -0.4 is 5.32 Å². The number of hydrogen-bond acceptors (Lipinski definition) is 1. The van der Waals surface area contributed by atoms with Gasteiger partial charge in [-0.25, -0.2) is 0 Å². The summed E-state index contributed by atoms with van der Waals surface area (Å²) in [7, 11) is 0. The van der Waals surface area contributed by atoms with E-state index in [2.05, 4.69) is 27.9 Å². The Morgan fingerprint density at radius 2 is 1.94 bits per heavy atom. The van der Waals surface area contributed by atoms with E-state index in [1.807, 2.05) is 24.3 Å². The highest BCUT2D eigenvalue weighted by Crippen LogP contribution is 2.23. The highest BCUT2D eigenvalue weighted by Gasteiger charge is 2.15. The molecule has 1 aromatic rings. The fourth-order valence-corrected chi connectivity index (χ4v) is 3.00. The van der Waals surface area contributed by atoms with E-state index in [0.717, 1.165) is 15.7 Å². The first kappa shape index (κ1) is 12.9. The number of hydrogen-bond donors (Lipinski definition) is 1. The highest BCUT2D eigenvalue weighted by atomic mass is 127. The lowest BCUT2D eigenvalue weighted by Crippen LogP contribution is -2.30. The molecule has 0 aliphatic heterocycles. The van der Waals surface area contributed by atoms with Gasteiger partial charge < -0.3 is 5.32 Å². The molecule has 92 valence electrons. The van der Waals surface area contributed by atoms with E-state index in [9.17, 15) is 4.79 Å². The molecule has 1 aliphatic carbocycles. The highest BCUT2D eigenvalue weighted by molar-refractivity contribution is 14.1. The topological polar surface area (TPSA) is 29.1 Å². The van der Waals surface area contributed by atoms with Crippen LogP contribution in [0.3, 0.4) is 0 Å². The summed E-state index contributed by atoms with van der Waals surface area (Å²) < 4.78 is 1.02. The normalized spacial score (nSPS) is 16.8. The zero-order valence-electron chi connectivity index (χ0n) is 9.92. The number of halogens is 1. The van der Waals surface area contributed by atoms with Crippen LogP contribution in [0.5, 0.6) is 0 Å². The lowest BCUT2D eigenvalue weighted by molar-refractivity contribution is 0.0942. The minimum absolute atomic E-state index is 0.0700. The molecule has 17 heavy (non-hydrogen) atoms. The molecule has 0 unspecified atom stereocenters. The largest absolute Gasteiger partial charge is 0.352 e. The lowest BCUT2D eigenvalue weighted by atomic mass is 9.89. The minimum atomic E-state index is 0.0700. The van der Waals surface area contributed by atoms with E-state index in [4.69, 9.17) is 0 Å². The second-order valence-electron chi connectivity index (χ2n) is 4.69. The van der Waals surface area contributed by atoms with Crippen LogP contribution in [-0.4, -0.2) is 12.5 Å². The van der Waals surface area contributed by atoms with Crippen molar-refractivity contribution in [2.75, 3.05) is 6.54 Å². The molecule has 0 spiro atoms. The Bertz CT molecular complexity index is 386. The van der Waals surface area contributed by atoms with Crippen LogP contribution >= 0.6 is 22.6 Å². The van der Waals surface area contributed by atoms with Crippen LogP contribution in [0.2, 0.25) is 0 Å². The third-order valence-electron chi connectivity index (χ3n) is 3.39. The molecule has 1 fully saturated rings. The molecule has 1 N–H and O–H groups in total. The molecule has 1 saturated carbocycles. The molecule has 0 aromatic heterocycles. The Hall–Kier alpha value is -0.580. The summed E-state index contributed by atoms with van der Waals surface area (Å²) in [6, 6.07) is 7.73. The maximum absolute atomic E-state index is 12.0. The van der Waals surface area contributed by atoms with Gasteiger partial charge in [0.25, 0.3) is 5.91 Å². The third kappa shape index (κ3) is 3.69. The van der Waals surface area contributed by atoms with E-state index in [1.165, 1.54) is 32.1 Å².